The Kier molecular flexibility index (Phi) is 5.91. The predicted molar refractivity (Wildman–Crippen MR) is 109 cm³/mol. The first-order valence-corrected chi connectivity index (χ1v) is 10.4. The van der Waals surface area contributed by atoms with Crippen molar-refractivity contribution < 1.29 is 18.7 Å². The number of nitrogens with zero attached hydrogens (tertiary/aromatic N) is 2. The maximum Gasteiger partial charge on any atom is 0.280 e. The lowest BCUT2D eigenvalue weighted by atomic mass is 9.78. The minimum absolute atomic E-state index is 0.0964. The van der Waals surface area contributed by atoms with Gasteiger partial charge in [0.25, 0.3) is 12.3 Å². The maximum atomic E-state index is 13.7. The summed E-state index contributed by atoms with van der Waals surface area (Å²) in [6.07, 6.45) is 3.20. The van der Waals surface area contributed by atoms with E-state index in [-0.39, 0.29) is 21.7 Å². The van der Waals surface area contributed by atoms with Crippen LogP contribution in [-0.4, -0.2) is 38.2 Å². The molecule has 0 bridgehead atoms. The number of halogens is 2. The van der Waals surface area contributed by atoms with E-state index in [0.717, 1.165) is 30.6 Å². The standard InChI is InChI=1S/C20H26F2N4O2S/c1-11(19(2,3)28)25-17(27)18-24-10-14(29-18)13-9-23-15(8-12(13)16(21)22)26-20(4)6-5-7-20/h8-11,16,28H,5-7H2,1-4H3,(H,23,26)(H,25,27)/t11-/m1/s1. The molecule has 1 aliphatic carbocycles. The van der Waals surface area contributed by atoms with Gasteiger partial charge in [0.15, 0.2) is 5.01 Å². The van der Waals surface area contributed by atoms with Gasteiger partial charge in [-0.15, -0.1) is 11.3 Å². The van der Waals surface area contributed by atoms with Crippen LogP contribution in [0.25, 0.3) is 10.4 Å². The number of nitrogens with one attached hydrogen (secondary N) is 2. The van der Waals surface area contributed by atoms with Gasteiger partial charge in [-0.1, -0.05) is 0 Å². The number of thiazole rings is 1. The molecule has 0 saturated heterocycles. The molecule has 6 nitrogen and oxygen atoms in total. The Bertz CT molecular complexity index is 891. The van der Waals surface area contributed by atoms with Crippen molar-refractivity contribution in [3.63, 3.8) is 0 Å². The average molecular weight is 425 g/mol. The van der Waals surface area contributed by atoms with E-state index < -0.39 is 24.0 Å². The van der Waals surface area contributed by atoms with Crippen LogP contribution in [0.15, 0.2) is 18.5 Å². The summed E-state index contributed by atoms with van der Waals surface area (Å²) >= 11 is 1.01. The molecule has 1 saturated carbocycles. The number of aliphatic hydroxyl groups is 1. The van der Waals surface area contributed by atoms with Gasteiger partial charge >= 0.3 is 0 Å². The zero-order valence-electron chi connectivity index (χ0n) is 16.9. The van der Waals surface area contributed by atoms with Crippen molar-refractivity contribution in [3.05, 3.63) is 29.0 Å². The normalized spacial score (nSPS) is 17.0. The molecule has 0 aromatic carbocycles. The molecule has 2 aromatic rings. The molecular weight excluding hydrogens is 398 g/mol. The summed E-state index contributed by atoms with van der Waals surface area (Å²) in [7, 11) is 0. The van der Waals surface area contributed by atoms with Crippen molar-refractivity contribution in [3.8, 4) is 10.4 Å². The number of pyridine rings is 1. The third-order valence-corrected chi connectivity index (χ3v) is 6.46. The maximum absolute atomic E-state index is 13.7. The number of amides is 1. The second-order valence-corrected chi connectivity index (χ2v) is 9.41. The number of carbonyl (C=O) groups is 1. The molecule has 1 aliphatic rings. The van der Waals surface area contributed by atoms with Gasteiger partial charge in [0, 0.05) is 29.1 Å². The molecule has 2 heterocycles. The van der Waals surface area contributed by atoms with Gasteiger partial charge < -0.3 is 15.7 Å². The lowest BCUT2D eigenvalue weighted by molar-refractivity contribution is 0.0409. The number of alkyl halides is 2. The smallest absolute Gasteiger partial charge is 0.280 e. The summed E-state index contributed by atoms with van der Waals surface area (Å²) < 4.78 is 27.4. The molecule has 9 heteroatoms. The van der Waals surface area contributed by atoms with Crippen LogP contribution >= 0.6 is 11.3 Å². The monoisotopic (exact) mass is 424 g/mol. The number of anilines is 1. The van der Waals surface area contributed by atoms with Crippen molar-refractivity contribution in [2.75, 3.05) is 5.32 Å². The molecule has 3 rings (SSSR count). The topological polar surface area (TPSA) is 87.1 Å². The minimum Gasteiger partial charge on any atom is -0.388 e. The molecular formula is C20H26F2N4O2S. The van der Waals surface area contributed by atoms with Gasteiger partial charge in [-0.2, -0.15) is 0 Å². The highest BCUT2D eigenvalue weighted by atomic mass is 32.1. The summed E-state index contributed by atoms with van der Waals surface area (Å²) in [4.78, 5) is 21.2. The molecule has 1 atom stereocenters. The molecule has 1 amide bonds. The van der Waals surface area contributed by atoms with Crippen LogP contribution in [0.4, 0.5) is 14.6 Å². The first-order chi connectivity index (χ1) is 13.5. The molecule has 158 valence electrons. The van der Waals surface area contributed by atoms with E-state index in [1.54, 1.807) is 20.8 Å². The quantitative estimate of drug-likeness (QED) is 0.614. The fraction of sp³-hybridized carbons (Fsp3) is 0.550. The van der Waals surface area contributed by atoms with Crippen LogP contribution in [0.1, 0.15) is 68.7 Å². The van der Waals surface area contributed by atoms with E-state index in [1.807, 2.05) is 0 Å². The summed E-state index contributed by atoms with van der Waals surface area (Å²) in [5.41, 5.74) is -1.08. The van der Waals surface area contributed by atoms with E-state index in [2.05, 4.69) is 27.5 Å². The number of carbonyl (C=O) groups excluding carboxylic acids is 1. The van der Waals surface area contributed by atoms with E-state index in [4.69, 9.17) is 0 Å². The Morgan fingerprint density at radius 3 is 2.55 bits per heavy atom. The molecule has 0 radical (unpaired) electrons. The zero-order chi connectivity index (χ0) is 21.4. The highest BCUT2D eigenvalue weighted by molar-refractivity contribution is 7.17. The minimum atomic E-state index is -2.68. The van der Waals surface area contributed by atoms with Gasteiger partial charge in [-0.3, -0.25) is 4.79 Å². The largest absolute Gasteiger partial charge is 0.388 e. The van der Waals surface area contributed by atoms with E-state index in [0.29, 0.717) is 10.7 Å². The Hall–Kier alpha value is -2.13. The Morgan fingerprint density at radius 1 is 1.31 bits per heavy atom. The fourth-order valence-electron chi connectivity index (χ4n) is 3.01. The molecule has 3 N–H and O–H groups in total. The summed E-state index contributed by atoms with van der Waals surface area (Å²) in [6.45, 7) is 6.91. The Morgan fingerprint density at radius 2 is 2.00 bits per heavy atom. The van der Waals surface area contributed by atoms with Crippen molar-refractivity contribution in [2.45, 2.75) is 70.6 Å². The van der Waals surface area contributed by atoms with Crippen molar-refractivity contribution in [1.29, 1.82) is 0 Å². The molecule has 2 aromatic heterocycles. The zero-order valence-corrected chi connectivity index (χ0v) is 17.7. The Labute approximate surface area is 172 Å². The second-order valence-electron chi connectivity index (χ2n) is 8.38. The highest BCUT2D eigenvalue weighted by Gasteiger charge is 2.32. The van der Waals surface area contributed by atoms with Gasteiger partial charge in [0.05, 0.1) is 16.5 Å². The fourth-order valence-corrected chi connectivity index (χ4v) is 3.86. The van der Waals surface area contributed by atoms with Crippen molar-refractivity contribution in [1.82, 2.24) is 15.3 Å². The third-order valence-electron chi connectivity index (χ3n) is 5.43. The predicted octanol–water partition coefficient (Wildman–Crippen LogP) is 4.39. The first kappa shape index (κ1) is 21.6. The lowest BCUT2D eigenvalue weighted by Gasteiger charge is -2.39. The average Bonchev–Trinajstić information content (AvgIpc) is 3.09. The number of rotatable bonds is 7. The second kappa shape index (κ2) is 7.95. The van der Waals surface area contributed by atoms with Crippen LogP contribution < -0.4 is 10.6 Å². The van der Waals surface area contributed by atoms with Crippen LogP contribution in [0.2, 0.25) is 0 Å². The van der Waals surface area contributed by atoms with Gasteiger partial charge in [0.2, 0.25) is 0 Å². The molecule has 0 unspecified atom stereocenters. The van der Waals surface area contributed by atoms with Gasteiger partial charge in [-0.05, 0) is 53.0 Å². The molecule has 1 fully saturated rings. The van der Waals surface area contributed by atoms with Crippen molar-refractivity contribution >= 4 is 23.1 Å². The summed E-state index contributed by atoms with van der Waals surface area (Å²) in [5, 5.41) is 16.0. The lowest BCUT2D eigenvalue weighted by Crippen LogP contribution is -2.47. The SMILES string of the molecule is C[C@@H](NC(=O)c1ncc(-c2cnc(NC3(C)CCC3)cc2C(F)F)s1)C(C)(C)O. The van der Waals surface area contributed by atoms with Crippen LogP contribution in [0, 0.1) is 0 Å². The third kappa shape index (κ3) is 4.90. The van der Waals surface area contributed by atoms with Crippen LogP contribution in [0.3, 0.4) is 0 Å². The van der Waals surface area contributed by atoms with Crippen LogP contribution in [-0.2, 0) is 0 Å². The van der Waals surface area contributed by atoms with E-state index in [9.17, 15) is 18.7 Å². The summed E-state index contributed by atoms with van der Waals surface area (Å²) in [5.74, 6) is -0.0358. The molecule has 0 spiro atoms. The summed E-state index contributed by atoms with van der Waals surface area (Å²) in [6, 6.07) is 0.873. The highest BCUT2D eigenvalue weighted by Crippen LogP contribution is 2.38. The number of hydrogen-bond donors (Lipinski definition) is 3. The van der Waals surface area contributed by atoms with E-state index >= 15 is 0 Å². The van der Waals surface area contributed by atoms with E-state index in [1.165, 1.54) is 18.5 Å². The number of hydrogen-bond acceptors (Lipinski definition) is 6. The van der Waals surface area contributed by atoms with Crippen LogP contribution in [0.5, 0.6) is 0 Å². The molecule has 0 aliphatic heterocycles. The Balaban J connectivity index is 1.82. The van der Waals surface area contributed by atoms with Gasteiger partial charge in [-0.25, -0.2) is 18.7 Å². The van der Waals surface area contributed by atoms with Gasteiger partial charge in [0.1, 0.15) is 5.82 Å². The number of aromatic nitrogens is 2. The molecule has 29 heavy (non-hydrogen) atoms. The first-order valence-electron chi connectivity index (χ1n) is 9.54. The van der Waals surface area contributed by atoms with Crippen molar-refractivity contribution in [2.24, 2.45) is 0 Å².